The molecule has 1 saturated heterocycles. The van der Waals surface area contributed by atoms with Gasteiger partial charge in [-0.3, -0.25) is 0 Å². The number of H-pyrrole nitrogens is 1. The van der Waals surface area contributed by atoms with Crippen molar-refractivity contribution in [3.63, 3.8) is 0 Å². The summed E-state index contributed by atoms with van der Waals surface area (Å²) < 4.78 is 2.48. The first-order valence-corrected chi connectivity index (χ1v) is 9.97. The third-order valence-electron chi connectivity index (χ3n) is 5.71. The number of aromatic nitrogens is 4. The third-order valence-corrected chi connectivity index (χ3v) is 5.71. The Labute approximate surface area is 159 Å². The molecule has 3 aromatic heterocycles. The minimum atomic E-state index is 0.447. The highest BCUT2D eigenvalue weighted by atomic mass is 15.2. The molecule has 1 aliphatic rings. The first kappa shape index (κ1) is 16.5. The van der Waals surface area contributed by atoms with Crippen LogP contribution in [0.4, 0.5) is 0 Å². The van der Waals surface area contributed by atoms with E-state index in [0.717, 1.165) is 28.9 Å². The second-order valence-electron chi connectivity index (χ2n) is 7.50. The van der Waals surface area contributed by atoms with Gasteiger partial charge >= 0.3 is 0 Å². The van der Waals surface area contributed by atoms with Crippen LogP contribution in [0.3, 0.4) is 0 Å². The molecule has 1 atom stereocenters. The van der Waals surface area contributed by atoms with Crippen LogP contribution in [0.15, 0.2) is 48.8 Å². The summed E-state index contributed by atoms with van der Waals surface area (Å²) in [6.07, 6.45) is 7.57. The Bertz CT molecular complexity index is 1060. The van der Waals surface area contributed by atoms with Crippen LogP contribution in [0.1, 0.15) is 32.2 Å². The molecule has 1 aromatic carbocycles. The van der Waals surface area contributed by atoms with Crippen LogP contribution in [0.5, 0.6) is 0 Å². The normalized spacial score (nSPS) is 18.0. The Morgan fingerprint density at radius 3 is 2.93 bits per heavy atom. The molecule has 5 heteroatoms. The second kappa shape index (κ2) is 6.82. The molecule has 1 fully saturated rings. The number of nitrogens with zero attached hydrogens (tertiary/aromatic N) is 4. The maximum absolute atomic E-state index is 5.01. The van der Waals surface area contributed by atoms with E-state index in [4.69, 9.17) is 4.98 Å². The van der Waals surface area contributed by atoms with Crippen molar-refractivity contribution in [1.82, 2.24) is 24.4 Å². The van der Waals surface area contributed by atoms with Crippen LogP contribution in [-0.4, -0.2) is 44.1 Å². The molecule has 27 heavy (non-hydrogen) atoms. The lowest BCUT2D eigenvalue weighted by Gasteiger charge is -2.19. The average Bonchev–Trinajstić information content (AvgIpc) is 3.43. The molecule has 5 rings (SSSR count). The molecule has 4 heterocycles. The molecule has 4 aromatic rings. The third kappa shape index (κ3) is 2.82. The zero-order valence-corrected chi connectivity index (χ0v) is 15.7. The van der Waals surface area contributed by atoms with E-state index in [2.05, 4.69) is 62.8 Å². The zero-order chi connectivity index (χ0) is 18.2. The van der Waals surface area contributed by atoms with Crippen molar-refractivity contribution in [2.75, 3.05) is 19.6 Å². The molecule has 0 saturated carbocycles. The molecule has 0 amide bonds. The summed E-state index contributed by atoms with van der Waals surface area (Å²) in [4.78, 5) is 15.4. The molecule has 0 bridgehead atoms. The number of fused-ring (bicyclic) bond motifs is 3. The van der Waals surface area contributed by atoms with Crippen molar-refractivity contribution in [3.05, 3.63) is 48.8 Å². The van der Waals surface area contributed by atoms with Gasteiger partial charge in [0, 0.05) is 36.3 Å². The number of benzene rings is 1. The molecule has 1 N–H and O–H groups in total. The minimum Gasteiger partial charge on any atom is -0.346 e. The Morgan fingerprint density at radius 2 is 2.07 bits per heavy atom. The fourth-order valence-electron chi connectivity index (χ4n) is 4.35. The van der Waals surface area contributed by atoms with Crippen LogP contribution in [0, 0.1) is 0 Å². The van der Waals surface area contributed by atoms with Crippen LogP contribution in [0.2, 0.25) is 0 Å². The predicted octanol–water partition coefficient (Wildman–Crippen LogP) is 4.63. The van der Waals surface area contributed by atoms with Crippen molar-refractivity contribution < 1.29 is 0 Å². The molecule has 1 aliphatic heterocycles. The zero-order valence-electron chi connectivity index (χ0n) is 15.7. The summed E-state index contributed by atoms with van der Waals surface area (Å²) in [5.41, 5.74) is 4.30. The summed E-state index contributed by atoms with van der Waals surface area (Å²) in [6.45, 7) is 5.72. The molecule has 0 aliphatic carbocycles. The predicted molar refractivity (Wildman–Crippen MR) is 110 cm³/mol. The smallest absolute Gasteiger partial charge is 0.141 e. The first-order chi connectivity index (χ1) is 13.3. The maximum Gasteiger partial charge on any atom is 0.141 e. The number of pyridine rings is 1. The summed E-state index contributed by atoms with van der Waals surface area (Å²) >= 11 is 0. The van der Waals surface area contributed by atoms with Gasteiger partial charge in [0.2, 0.25) is 0 Å². The molecular weight excluding hydrogens is 334 g/mol. The topological polar surface area (TPSA) is 49.7 Å². The van der Waals surface area contributed by atoms with E-state index < -0.39 is 0 Å². The van der Waals surface area contributed by atoms with Crippen molar-refractivity contribution in [2.24, 2.45) is 0 Å². The monoisotopic (exact) mass is 359 g/mol. The standard InChI is InChI=1S/C22H25N5/c1-2-3-12-26-13-10-17(15-26)27-20-18-9-11-23-21(18)24-14-19(20)25-22(27)16-7-5-4-6-8-16/h4-9,11,14,17H,2-3,10,12-13,15H2,1H3,(H,23,24). The van der Waals surface area contributed by atoms with E-state index in [1.54, 1.807) is 0 Å². The molecule has 0 spiro atoms. The van der Waals surface area contributed by atoms with E-state index >= 15 is 0 Å². The lowest BCUT2D eigenvalue weighted by atomic mass is 10.1. The number of likely N-dealkylation sites (tertiary alicyclic amines) is 1. The van der Waals surface area contributed by atoms with Gasteiger partial charge < -0.3 is 14.5 Å². The maximum atomic E-state index is 5.01. The number of rotatable bonds is 5. The van der Waals surface area contributed by atoms with Gasteiger partial charge in [0.25, 0.3) is 0 Å². The minimum absolute atomic E-state index is 0.447. The summed E-state index contributed by atoms with van der Waals surface area (Å²) in [6, 6.07) is 13.1. The second-order valence-corrected chi connectivity index (χ2v) is 7.50. The van der Waals surface area contributed by atoms with E-state index in [1.807, 2.05) is 12.4 Å². The van der Waals surface area contributed by atoms with Gasteiger partial charge in [0.15, 0.2) is 0 Å². The van der Waals surface area contributed by atoms with Crippen molar-refractivity contribution in [2.45, 2.75) is 32.2 Å². The summed E-state index contributed by atoms with van der Waals surface area (Å²) in [5.74, 6) is 1.06. The number of hydrogen-bond acceptors (Lipinski definition) is 3. The number of aromatic amines is 1. The van der Waals surface area contributed by atoms with Gasteiger partial charge in [-0.25, -0.2) is 9.97 Å². The van der Waals surface area contributed by atoms with Crippen LogP contribution in [-0.2, 0) is 0 Å². The van der Waals surface area contributed by atoms with Gasteiger partial charge in [-0.2, -0.15) is 0 Å². The number of unbranched alkanes of at least 4 members (excludes halogenated alkanes) is 1. The van der Waals surface area contributed by atoms with Gasteiger partial charge in [-0.1, -0.05) is 43.7 Å². The quantitative estimate of drug-likeness (QED) is 0.565. The summed E-state index contributed by atoms with van der Waals surface area (Å²) in [7, 11) is 0. The van der Waals surface area contributed by atoms with E-state index in [9.17, 15) is 0 Å². The average molecular weight is 359 g/mol. The molecule has 1 unspecified atom stereocenters. The van der Waals surface area contributed by atoms with Gasteiger partial charge in [-0.15, -0.1) is 0 Å². The fraction of sp³-hybridized carbons (Fsp3) is 0.364. The Hall–Kier alpha value is -2.66. The first-order valence-electron chi connectivity index (χ1n) is 9.97. The fourth-order valence-corrected chi connectivity index (χ4v) is 4.35. The molecular formula is C22H25N5. The lowest BCUT2D eigenvalue weighted by molar-refractivity contribution is 0.319. The Kier molecular flexibility index (Phi) is 4.17. The molecule has 0 radical (unpaired) electrons. The number of nitrogens with one attached hydrogen (secondary N) is 1. The van der Waals surface area contributed by atoms with Gasteiger partial charge in [0.1, 0.15) is 17.0 Å². The Morgan fingerprint density at radius 1 is 1.19 bits per heavy atom. The van der Waals surface area contributed by atoms with Gasteiger partial charge in [-0.05, 0) is 25.5 Å². The van der Waals surface area contributed by atoms with E-state index in [-0.39, 0.29) is 0 Å². The largest absolute Gasteiger partial charge is 0.346 e. The SMILES string of the molecule is CCCCN1CCC(n2c(-c3ccccc3)nc3cnc4[nH]ccc4c32)C1. The summed E-state index contributed by atoms with van der Waals surface area (Å²) in [5, 5.41) is 1.16. The van der Waals surface area contributed by atoms with Crippen LogP contribution >= 0.6 is 0 Å². The van der Waals surface area contributed by atoms with Crippen molar-refractivity contribution >= 4 is 22.1 Å². The number of imidazole rings is 1. The van der Waals surface area contributed by atoms with Crippen molar-refractivity contribution in [1.29, 1.82) is 0 Å². The molecule has 138 valence electrons. The van der Waals surface area contributed by atoms with Gasteiger partial charge in [0.05, 0.1) is 11.7 Å². The van der Waals surface area contributed by atoms with Crippen LogP contribution < -0.4 is 0 Å². The highest BCUT2D eigenvalue weighted by Gasteiger charge is 2.28. The van der Waals surface area contributed by atoms with Crippen molar-refractivity contribution in [3.8, 4) is 11.4 Å². The molecule has 5 nitrogen and oxygen atoms in total. The Balaban J connectivity index is 1.67. The van der Waals surface area contributed by atoms with E-state index in [0.29, 0.717) is 6.04 Å². The van der Waals surface area contributed by atoms with E-state index in [1.165, 1.54) is 43.4 Å². The lowest BCUT2D eigenvalue weighted by Crippen LogP contribution is -2.23. The number of hydrogen-bond donors (Lipinski definition) is 1. The highest BCUT2D eigenvalue weighted by molar-refractivity contribution is 6.02. The highest BCUT2D eigenvalue weighted by Crippen LogP contribution is 2.35. The van der Waals surface area contributed by atoms with Crippen LogP contribution in [0.25, 0.3) is 33.5 Å².